The van der Waals surface area contributed by atoms with Gasteiger partial charge in [-0.05, 0) is 32.9 Å². The Labute approximate surface area is 141 Å². The monoisotopic (exact) mass is 336 g/mol. The van der Waals surface area contributed by atoms with E-state index in [0.29, 0.717) is 29.4 Å². The van der Waals surface area contributed by atoms with Gasteiger partial charge in [0.05, 0.1) is 27.0 Å². The van der Waals surface area contributed by atoms with Gasteiger partial charge in [-0.25, -0.2) is 0 Å². The number of carbonyl (C=O) groups is 1. The first-order valence-electron chi connectivity index (χ1n) is 7.64. The summed E-state index contributed by atoms with van der Waals surface area (Å²) in [6, 6.07) is 3.57. The Kier molecular flexibility index (Phi) is 5.21. The quantitative estimate of drug-likeness (QED) is 0.891. The smallest absolute Gasteiger partial charge is 0.264 e. The molecule has 1 N–H and O–H groups in total. The normalized spacial score (nSPS) is 16.9. The largest absolute Gasteiger partial charge is 0.493 e. The molecular formula is C17H24N2O5. The van der Waals surface area contributed by atoms with Gasteiger partial charge in [-0.2, -0.15) is 0 Å². The number of ether oxygens (including phenoxy) is 3. The Bertz CT molecular complexity index is 624. The molecule has 0 radical (unpaired) electrons. The van der Waals surface area contributed by atoms with Crippen molar-refractivity contribution in [3.8, 4) is 17.2 Å². The van der Waals surface area contributed by atoms with Crippen LogP contribution in [-0.2, 0) is 9.63 Å². The van der Waals surface area contributed by atoms with Gasteiger partial charge in [-0.15, -0.1) is 0 Å². The Morgan fingerprint density at radius 2 is 1.75 bits per heavy atom. The van der Waals surface area contributed by atoms with Crippen molar-refractivity contribution in [1.82, 2.24) is 5.32 Å². The third-order valence-electron chi connectivity index (χ3n) is 3.46. The first-order chi connectivity index (χ1) is 11.3. The molecule has 24 heavy (non-hydrogen) atoms. The Morgan fingerprint density at radius 3 is 2.21 bits per heavy atom. The molecule has 1 unspecified atom stereocenters. The fourth-order valence-corrected chi connectivity index (χ4v) is 2.39. The molecule has 1 aliphatic heterocycles. The first-order valence-corrected chi connectivity index (χ1v) is 7.64. The third-order valence-corrected chi connectivity index (χ3v) is 3.46. The zero-order valence-electron chi connectivity index (χ0n) is 14.9. The van der Waals surface area contributed by atoms with E-state index >= 15 is 0 Å². The molecular weight excluding hydrogens is 312 g/mol. The average molecular weight is 336 g/mol. The molecule has 1 aromatic carbocycles. The molecule has 1 aliphatic rings. The van der Waals surface area contributed by atoms with Crippen LogP contribution in [0.25, 0.3) is 0 Å². The predicted molar refractivity (Wildman–Crippen MR) is 90.0 cm³/mol. The number of rotatable bonds is 5. The minimum Gasteiger partial charge on any atom is -0.493 e. The second kappa shape index (κ2) is 6.98. The molecule has 1 aromatic rings. The summed E-state index contributed by atoms with van der Waals surface area (Å²) in [5.41, 5.74) is 1.09. The van der Waals surface area contributed by atoms with Crippen molar-refractivity contribution in [1.29, 1.82) is 0 Å². The van der Waals surface area contributed by atoms with Gasteiger partial charge < -0.3 is 24.4 Å². The zero-order valence-corrected chi connectivity index (χ0v) is 14.9. The van der Waals surface area contributed by atoms with E-state index < -0.39 is 6.10 Å². The highest BCUT2D eigenvalue weighted by Crippen LogP contribution is 2.39. The van der Waals surface area contributed by atoms with Crippen LogP contribution < -0.4 is 19.5 Å². The number of carbonyl (C=O) groups excluding carboxylic acids is 1. The van der Waals surface area contributed by atoms with Gasteiger partial charge in [0.1, 0.15) is 0 Å². The summed E-state index contributed by atoms with van der Waals surface area (Å²) >= 11 is 0. The van der Waals surface area contributed by atoms with Gasteiger partial charge in [-0.1, -0.05) is 5.16 Å². The molecule has 7 nitrogen and oxygen atoms in total. The average Bonchev–Trinajstić information content (AvgIpc) is 3.01. The number of nitrogens with one attached hydrogen (secondary N) is 1. The maximum atomic E-state index is 12.2. The van der Waals surface area contributed by atoms with E-state index in [1.54, 1.807) is 33.5 Å². The van der Waals surface area contributed by atoms with Gasteiger partial charge in [0.25, 0.3) is 5.91 Å². The lowest BCUT2D eigenvalue weighted by atomic mass is 10.0. The number of amides is 1. The van der Waals surface area contributed by atoms with Crippen molar-refractivity contribution >= 4 is 11.6 Å². The maximum Gasteiger partial charge on any atom is 0.264 e. The molecule has 0 fully saturated rings. The fraction of sp³-hybridized carbons (Fsp3) is 0.529. The highest BCUT2D eigenvalue weighted by atomic mass is 16.6. The molecule has 0 bridgehead atoms. The van der Waals surface area contributed by atoms with Crippen LogP contribution in [0.3, 0.4) is 0 Å². The molecule has 0 aliphatic carbocycles. The Balaban J connectivity index is 2.20. The van der Waals surface area contributed by atoms with Crippen LogP contribution in [0.15, 0.2) is 17.3 Å². The van der Waals surface area contributed by atoms with E-state index in [1.165, 1.54) is 0 Å². The van der Waals surface area contributed by atoms with Crippen LogP contribution >= 0.6 is 0 Å². The molecule has 7 heteroatoms. The number of methoxy groups -OCH3 is 3. The molecule has 0 saturated heterocycles. The summed E-state index contributed by atoms with van der Waals surface area (Å²) in [6.07, 6.45) is -0.265. The van der Waals surface area contributed by atoms with Crippen LogP contribution in [0.1, 0.15) is 32.8 Å². The van der Waals surface area contributed by atoms with Gasteiger partial charge in [0.2, 0.25) is 11.9 Å². The zero-order chi connectivity index (χ0) is 17.9. The van der Waals surface area contributed by atoms with E-state index in [0.717, 1.165) is 5.56 Å². The van der Waals surface area contributed by atoms with Crippen molar-refractivity contribution in [3.63, 3.8) is 0 Å². The minimum atomic E-state index is -0.640. The number of nitrogens with zero attached hydrogens (tertiary/aromatic N) is 1. The lowest BCUT2D eigenvalue weighted by Crippen LogP contribution is -2.45. The molecule has 132 valence electrons. The van der Waals surface area contributed by atoms with Gasteiger partial charge >= 0.3 is 0 Å². The molecule has 1 amide bonds. The number of oxime groups is 1. The van der Waals surface area contributed by atoms with Gasteiger partial charge in [-0.3, -0.25) is 4.79 Å². The fourth-order valence-electron chi connectivity index (χ4n) is 2.39. The molecule has 0 aromatic heterocycles. The van der Waals surface area contributed by atoms with Crippen molar-refractivity contribution in [2.24, 2.45) is 5.16 Å². The van der Waals surface area contributed by atoms with E-state index in [9.17, 15) is 4.79 Å². The highest BCUT2D eigenvalue weighted by Gasteiger charge is 2.31. The summed E-state index contributed by atoms with van der Waals surface area (Å²) in [6.45, 7) is 5.75. The number of hydrogen-bond acceptors (Lipinski definition) is 6. The Hall–Kier alpha value is -2.44. The maximum absolute atomic E-state index is 12.2. The Morgan fingerprint density at radius 1 is 1.17 bits per heavy atom. The lowest BCUT2D eigenvalue weighted by molar-refractivity contribution is -0.132. The minimum absolute atomic E-state index is 0.186. The third kappa shape index (κ3) is 3.90. The van der Waals surface area contributed by atoms with Crippen molar-refractivity contribution < 1.29 is 23.8 Å². The summed E-state index contributed by atoms with van der Waals surface area (Å²) in [5.74, 6) is 1.37. The van der Waals surface area contributed by atoms with Crippen molar-refractivity contribution in [3.05, 3.63) is 17.7 Å². The van der Waals surface area contributed by atoms with Crippen molar-refractivity contribution in [2.75, 3.05) is 21.3 Å². The number of hydrogen-bond donors (Lipinski definition) is 1. The van der Waals surface area contributed by atoms with E-state index in [4.69, 9.17) is 19.0 Å². The molecule has 1 atom stereocenters. The van der Waals surface area contributed by atoms with E-state index in [1.807, 2.05) is 20.8 Å². The summed E-state index contributed by atoms with van der Waals surface area (Å²) in [7, 11) is 4.64. The first kappa shape index (κ1) is 17.9. The van der Waals surface area contributed by atoms with Crippen LogP contribution in [0, 0.1) is 0 Å². The highest BCUT2D eigenvalue weighted by molar-refractivity contribution is 6.05. The van der Waals surface area contributed by atoms with Crippen LogP contribution in [0.5, 0.6) is 17.2 Å². The predicted octanol–water partition coefficient (Wildman–Crippen LogP) is 2.12. The molecule has 0 saturated carbocycles. The number of benzene rings is 1. The standard InChI is InChI=1S/C17H24N2O5/c1-17(2,3)18-16(20)14-9-11(19-24-14)10-7-12(21-4)15(23-6)13(8-10)22-5/h7-8,14H,9H2,1-6H3,(H,18,20). The summed E-state index contributed by atoms with van der Waals surface area (Å²) < 4.78 is 16.0. The van der Waals surface area contributed by atoms with Crippen LogP contribution in [-0.4, -0.2) is 44.6 Å². The topological polar surface area (TPSA) is 78.4 Å². The molecule has 1 heterocycles. The summed E-state index contributed by atoms with van der Waals surface area (Å²) in [5, 5.41) is 6.94. The summed E-state index contributed by atoms with van der Waals surface area (Å²) in [4.78, 5) is 17.5. The van der Waals surface area contributed by atoms with Gasteiger partial charge in [0.15, 0.2) is 11.5 Å². The van der Waals surface area contributed by atoms with Crippen molar-refractivity contribution in [2.45, 2.75) is 38.8 Å². The van der Waals surface area contributed by atoms with E-state index in [-0.39, 0.29) is 11.4 Å². The molecule has 2 rings (SSSR count). The lowest BCUT2D eigenvalue weighted by Gasteiger charge is -2.22. The van der Waals surface area contributed by atoms with Crippen LogP contribution in [0.2, 0.25) is 0 Å². The van der Waals surface area contributed by atoms with Crippen LogP contribution in [0.4, 0.5) is 0 Å². The second-order valence-electron chi connectivity index (χ2n) is 6.49. The second-order valence-corrected chi connectivity index (χ2v) is 6.49. The SMILES string of the molecule is COc1cc(C2=NOC(C(=O)NC(C)(C)C)C2)cc(OC)c1OC. The van der Waals surface area contributed by atoms with Gasteiger partial charge in [0, 0.05) is 17.5 Å². The van der Waals surface area contributed by atoms with E-state index in [2.05, 4.69) is 10.5 Å². The molecule has 0 spiro atoms.